The van der Waals surface area contributed by atoms with Crippen molar-refractivity contribution >= 4 is 33.4 Å². The monoisotopic (exact) mass is 355 g/mol. The minimum absolute atomic E-state index is 0.0366. The zero-order valence-corrected chi connectivity index (χ0v) is 14.8. The third-order valence-electron chi connectivity index (χ3n) is 4.64. The molecule has 1 aliphatic heterocycles. The van der Waals surface area contributed by atoms with E-state index in [1.807, 2.05) is 40.4 Å². The van der Waals surface area contributed by atoms with E-state index in [0.29, 0.717) is 19.0 Å². The Morgan fingerprint density at radius 2 is 2.24 bits per heavy atom. The highest BCUT2D eigenvalue weighted by atomic mass is 32.1. The number of hydrogen-bond donors (Lipinski definition) is 1. The zero-order chi connectivity index (χ0) is 17.1. The van der Waals surface area contributed by atoms with Crippen LogP contribution in [0.15, 0.2) is 42.2 Å². The molecular weight excluding hydrogens is 334 g/mol. The van der Waals surface area contributed by atoms with E-state index in [2.05, 4.69) is 20.2 Å². The van der Waals surface area contributed by atoms with Gasteiger partial charge in [-0.1, -0.05) is 12.1 Å². The highest BCUT2D eigenvalue weighted by molar-refractivity contribution is 7.13. The average molecular weight is 355 g/mol. The topological polar surface area (TPSA) is 63.1 Å². The molecule has 2 aromatic heterocycles. The molecule has 1 unspecified atom stereocenters. The van der Waals surface area contributed by atoms with E-state index in [9.17, 15) is 4.79 Å². The number of carbonyl (C=O) groups excluding carboxylic acids is 1. The third-order valence-corrected chi connectivity index (χ3v) is 5.47. The molecule has 0 aliphatic carbocycles. The second-order valence-corrected chi connectivity index (χ2v) is 7.31. The predicted molar refractivity (Wildman–Crippen MR) is 99.8 cm³/mol. The molecule has 130 valence electrons. The molecule has 1 aromatic carbocycles. The molecule has 1 amide bonds. The summed E-state index contributed by atoms with van der Waals surface area (Å²) in [4.78, 5) is 23.4. The number of amides is 1. The van der Waals surface area contributed by atoms with Gasteiger partial charge < -0.3 is 14.8 Å². The second-order valence-electron chi connectivity index (χ2n) is 6.43. The van der Waals surface area contributed by atoms with Crippen LogP contribution in [0, 0.1) is 5.92 Å². The average Bonchev–Trinajstić information content (AvgIpc) is 3.31. The molecule has 4 rings (SSSR count). The number of nitrogens with zero attached hydrogens (tertiary/aromatic N) is 4. The Kier molecular flexibility index (Phi) is 4.65. The van der Waals surface area contributed by atoms with Crippen LogP contribution < -0.4 is 10.2 Å². The van der Waals surface area contributed by atoms with Crippen LogP contribution in [-0.4, -0.2) is 40.1 Å². The fourth-order valence-electron chi connectivity index (χ4n) is 3.38. The standard InChI is InChI=1S/C18H21N5OS/c24-17(12-23-13-21-15-5-1-2-6-16(15)23)20-10-14-4-3-8-22(11-14)18-19-7-9-25-18/h1-2,5-7,9,13-14H,3-4,8,10-12H2,(H,20,24). The predicted octanol–water partition coefficient (Wildman–Crippen LogP) is 2.53. The molecule has 3 aromatic rings. The molecule has 0 spiro atoms. The number of fused-ring (bicyclic) bond motifs is 1. The molecule has 1 N–H and O–H groups in total. The number of thiazole rings is 1. The van der Waals surface area contributed by atoms with Crippen molar-refractivity contribution in [2.45, 2.75) is 19.4 Å². The van der Waals surface area contributed by atoms with E-state index in [1.165, 1.54) is 0 Å². The first kappa shape index (κ1) is 16.1. The number of anilines is 1. The quantitative estimate of drug-likeness (QED) is 0.764. The summed E-state index contributed by atoms with van der Waals surface area (Å²) in [6, 6.07) is 7.87. The van der Waals surface area contributed by atoms with Crippen LogP contribution in [0.2, 0.25) is 0 Å². The van der Waals surface area contributed by atoms with Gasteiger partial charge in [0.2, 0.25) is 5.91 Å². The van der Waals surface area contributed by atoms with Gasteiger partial charge in [0.25, 0.3) is 0 Å². The lowest BCUT2D eigenvalue weighted by Crippen LogP contribution is -2.41. The Bertz CT molecular complexity index is 844. The van der Waals surface area contributed by atoms with Gasteiger partial charge in [-0.25, -0.2) is 9.97 Å². The number of benzene rings is 1. The lowest BCUT2D eigenvalue weighted by Gasteiger charge is -2.32. The SMILES string of the molecule is O=C(Cn1cnc2ccccc21)NCC1CCCN(c2nccs2)C1. The number of hydrogen-bond acceptors (Lipinski definition) is 5. The van der Waals surface area contributed by atoms with E-state index in [-0.39, 0.29) is 5.91 Å². The first-order chi connectivity index (χ1) is 12.3. The van der Waals surface area contributed by atoms with Crippen molar-refractivity contribution < 1.29 is 4.79 Å². The number of imidazole rings is 1. The number of rotatable bonds is 5. The molecule has 6 nitrogen and oxygen atoms in total. The van der Waals surface area contributed by atoms with Crippen LogP contribution in [-0.2, 0) is 11.3 Å². The van der Waals surface area contributed by atoms with Gasteiger partial charge in [-0.05, 0) is 30.9 Å². The van der Waals surface area contributed by atoms with E-state index in [0.717, 1.165) is 42.1 Å². The molecule has 0 radical (unpaired) electrons. The summed E-state index contributed by atoms with van der Waals surface area (Å²) in [5.41, 5.74) is 1.91. The molecule has 0 saturated carbocycles. The van der Waals surface area contributed by atoms with Gasteiger partial charge in [0.05, 0.1) is 17.4 Å². The Hall–Kier alpha value is -2.41. The third kappa shape index (κ3) is 3.66. The van der Waals surface area contributed by atoms with E-state index in [4.69, 9.17) is 0 Å². The van der Waals surface area contributed by atoms with Crippen molar-refractivity contribution in [1.29, 1.82) is 0 Å². The molecule has 1 atom stereocenters. The number of carbonyl (C=O) groups is 1. The van der Waals surface area contributed by atoms with Gasteiger partial charge in [0.1, 0.15) is 6.54 Å². The van der Waals surface area contributed by atoms with Gasteiger partial charge in [-0.2, -0.15) is 0 Å². The molecule has 1 aliphatic rings. The van der Waals surface area contributed by atoms with Crippen LogP contribution in [0.5, 0.6) is 0 Å². The Balaban J connectivity index is 1.31. The van der Waals surface area contributed by atoms with E-state index in [1.54, 1.807) is 17.7 Å². The number of para-hydroxylation sites is 2. The van der Waals surface area contributed by atoms with Gasteiger partial charge in [0.15, 0.2) is 5.13 Å². The summed E-state index contributed by atoms with van der Waals surface area (Å²) >= 11 is 1.68. The summed E-state index contributed by atoms with van der Waals surface area (Å²) in [6.45, 7) is 3.04. The molecule has 1 saturated heterocycles. The van der Waals surface area contributed by atoms with E-state index >= 15 is 0 Å². The molecule has 25 heavy (non-hydrogen) atoms. The maximum atomic E-state index is 12.3. The highest BCUT2D eigenvalue weighted by Crippen LogP contribution is 2.24. The van der Waals surface area contributed by atoms with Gasteiger partial charge in [0, 0.05) is 31.2 Å². The molecule has 7 heteroatoms. The lowest BCUT2D eigenvalue weighted by molar-refractivity contribution is -0.121. The molecule has 3 heterocycles. The fraction of sp³-hybridized carbons (Fsp3) is 0.389. The summed E-state index contributed by atoms with van der Waals surface area (Å²) in [5, 5.41) is 6.18. The molecule has 1 fully saturated rings. The first-order valence-corrected chi connectivity index (χ1v) is 9.48. The van der Waals surface area contributed by atoms with Gasteiger partial charge in [-0.3, -0.25) is 4.79 Å². The normalized spacial score (nSPS) is 17.8. The summed E-state index contributed by atoms with van der Waals surface area (Å²) in [7, 11) is 0. The smallest absolute Gasteiger partial charge is 0.240 e. The Morgan fingerprint density at radius 3 is 3.12 bits per heavy atom. The number of aromatic nitrogens is 3. The second kappa shape index (κ2) is 7.23. The van der Waals surface area contributed by atoms with Crippen LogP contribution in [0.1, 0.15) is 12.8 Å². The summed E-state index contributed by atoms with van der Waals surface area (Å²) in [6.07, 6.45) is 5.87. The number of nitrogens with one attached hydrogen (secondary N) is 1. The van der Waals surface area contributed by atoms with Crippen molar-refractivity contribution in [3.63, 3.8) is 0 Å². The van der Waals surface area contributed by atoms with Gasteiger partial charge in [-0.15, -0.1) is 11.3 Å². The van der Waals surface area contributed by atoms with Crippen LogP contribution in [0.25, 0.3) is 11.0 Å². The molecule has 0 bridgehead atoms. The van der Waals surface area contributed by atoms with Crippen molar-refractivity contribution in [3.05, 3.63) is 42.2 Å². The van der Waals surface area contributed by atoms with E-state index < -0.39 is 0 Å². The van der Waals surface area contributed by atoms with Crippen LogP contribution in [0.4, 0.5) is 5.13 Å². The zero-order valence-electron chi connectivity index (χ0n) is 14.0. The molecular formula is C18H21N5OS. The van der Waals surface area contributed by atoms with Crippen LogP contribution >= 0.6 is 11.3 Å². The largest absolute Gasteiger partial charge is 0.354 e. The first-order valence-electron chi connectivity index (χ1n) is 8.60. The maximum absolute atomic E-state index is 12.3. The van der Waals surface area contributed by atoms with Crippen molar-refractivity contribution in [3.8, 4) is 0 Å². The van der Waals surface area contributed by atoms with Crippen molar-refractivity contribution in [2.75, 3.05) is 24.5 Å². The van der Waals surface area contributed by atoms with Crippen LogP contribution in [0.3, 0.4) is 0 Å². The van der Waals surface area contributed by atoms with Crippen molar-refractivity contribution in [1.82, 2.24) is 19.9 Å². The minimum atomic E-state index is 0.0366. The van der Waals surface area contributed by atoms with Gasteiger partial charge >= 0.3 is 0 Å². The van der Waals surface area contributed by atoms with Crippen molar-refractivity contribution in [2.24, 2.45) is 5.92 Å². The Morgan fingerprint density at radius 1 is 1.32 bits per heavy atom. The fourth-order valence-corrected chi connectivity index (χ4v) is 4.06. The maximum Gasteiger partial charge on any atom is 0.240 e. The Labute approximate surface area is 150 Å². The number of piperidine rings is 1. The lowest BCUT2D eigenvalue weighted by atomic mass is 9.98. The summed E-state index contributed by atoms with van der Waals surface area (Å²) < 4.78 is 1.90. The summed E-state index contributed by atoms with van der Waals surface area (Å²) in [5.74, 6) is 0.510. The highest BCUT2D eigenvalue weighted by Gasteiger charge is 2.22. The minimum Gasteiger partial charge on any atom is -0.354 e.